The predicted octanol–water partition coefficient (Wildman–Crippen LogP) is 4.55. The fourth-order valence-corrected chi connectivity index (χ4v) is 3.26. The average molecular weight is 383 g/mol. The largest absolute Gasteiger partial charge is 0.375 e. The lowest BCUT2D eigenvalue weighted by molar-refractivity contribution is 0.102. The molecule has 0 aliphatic rings. The number of thiazole rings is 1. The number of nitrogens with zero attached hydrogens (tertiary/aromatic N) is 1. The molecule has 0 saturated carbocycles. The monoisotopic (exact) mass is 381 g/mol. The molecule has 0 aliphatic carbocycles. The molecule has 3 rings (SSSR count). The highest BCUT2D eigenvalue weighted by atomic mass is 79.9. The molecule has 0 unspecified atom stereocenters. The summed E-state index contributed by atoms with van der Waals surface area (Å²) in [4.78, 5) is 16.3. The van der Waals surface area contributed by atoms with E-state index in [-0.39, 0.29) is 5.91 Å². The smallest absolute Gasteiger partial charge is 0.255 e. The van der Waals surface area contributed by atoms with Gasteiger partial charge in [-0.1, -0.05) is 38.9 Å². The quantitative estimate of drug-likeness (QED) is 0.683. The number of nitrogen functional groups attached to an aromatic ring is 1. The van der Waals surface area contributed by atoms with Gasteiger partial charge >= 0.3 is 0 Å². The van der Waals surface area contributed by atoms with E-state index in [1.54, 1.807) is 18.2 Å². The minimum atomic E-state index is -0.199. The Bertz CT molecular complexity index is 832. The molecule has 0 radical (unpaired) electrons. The van der Waals surface area contributed by atoms with Gasteiger partial charge in [-0.25, -0.2) is 4.98 Å². The van der Waals surface area contributed by atoms with Crippen molar-refractivity contribution in [1.82, 2.24) is 4.98 Å². The van der Waals surface area contributed by atoms with E-state index in [0.29, 0.717) is 26.9 Å². The molecular formula is C14H9BrClN3OS. The van der Waals surface area contributed by atoms with Crippen LogP contribution in [0.3, 0.4) is 0 Å². The van der Waals surface area contributed by atoms with Crippen LogP contribution in [0.15, 0.2) is 40.9 Å². The van der Waals surface area contributed by atoms with Crippen LogP contribution in [0.25, 0.3) is 10.2 Å². The molecule has 21 heavy (non-hydrogen) atoms. The van der Waals surface area contributed by atoms with Crippen molar-refractivity contribution in [2.45, 2.75) is 0 Å². The Hall–Kier alpha value is -1.63. The van der Waals surface area contributed by atoms with Crippen molar-refractivity contribution in [3.8, 4) is 0 Å². The second-order valence-corrected chi connectivity index (χ2v) is 6.70. The van der Waals surface area contributed by atoms with E-state index in [1.165, 1.54) is 11.3 Å². The fraction of sp³-hybridized carbons (Fsp3) is 0. The zero-order valence-electron chi connectivity index (χ0n) is 10.6. The summed E-state index contributed by atoms with van der Waals surface area (Å²) in [5, 5.41) is 3.73. The van der Waals surface area contributed by atoms with Crippen LogP contribution in [0.4, 0.5) is 10.8 Å². The van der Waals surface area contributed by atoms with Gasteiger partial charge in [-0.2, -0.15) is 0 Å². The van der Waals surface area contributed by atoms with E-state index in [0.717, 1.165) is 9.17 Å². The van der Waals surface area contributed by atoms with E-state index >= 15 is 0 Å². The second-order valence-electron chi connectivity index (χ2n) is 4.32. The average Bonchev–Trinajstić information content (AvgIpc) is 2.80. The van der Waals surface area contributed by atoms with Gasteiger partial charge in [0, 0.05) is 15.7 Å². The third-order valence-corrected chi connectivity index (χ3v) is 4.48. The van der Waals surface area contributed by atoms with Gasteiger partial charge in [0.05, 0.1) is 9.72 Å². The van der Waals surface area contributed by atoms with Gasteiger partial charge in [-0.3, -0.25) is 4.79 Å². The van der Waals surface area contributed by atoms with Crippen LogP contribution in [0, 0.1) is 0 Å². The highest BCUT2D eigenvalue weighted by molar-refractivity contribution is 9.10. The number of hydrogen-bond acceptors (Lipinski definition) is 4. The molecule has 2 aromatic carbocycles. The van der Waals surface area contributed by atoms with Gasteiger partial charge in [0.1, 0.15) is 5.52 Å². The number of benzene rings is 2. The second kappa shape index (κ2) is 5.63. The maximum absolute atomic E-state index is 12.2. The van der Waals surface area contributed by atoms with Gasteiger partial charge in [0.25, 0.3) is 5.91 Å². The summed E-state index contributed by atoms with van der Waals surface area (Å²) in [6, 6.07) is 10.6. The van der Waals surface area contributed by atoms with Crippen molar-refractivity contribution in [2.24, 2.45) is 0 Å². The highest BCUT2D eigenvalue weighted by Crippen LogP contribution is 2.32. The number of hydrogen-bond donors (Lipinski definition) is 2. The van der Waals surface area contributed by atoms with Crippen LogP contribution >= 0.6 is 38.9 Å². The van der Waals surface area contributed by atoms with E-state index in [1.807, 2.05) is 18.2 Å². The number of anilines is 2. The van der Waals surface area contributed by atoms with Crippen molar-refractivity contribution < 1.29 is 4.79 Å². The molecule has 0 atom stereocenters. The number of amides is 1. The number of carbonyl (C=O) groups excluding carboxylic acids is 1. The molecule has 106 valence electrons. The van der Waals surface area contributed by atoms with Crippen molar-refractivity contribution >= 4 is 65.8 Å². The Morgan fingerprint density at radius 3 is 2.71 bits per heavy atom. The van der Waals surface area contributed by atoms with Crippen molar-refractivity contribution in [3.05, 3.63) is 51.5 Å². The molecule has 3 N–H and O–H groups in total. The van der Waals surface area contributed by atoms with Crippen molar-refractivity contribution in [2.75, 3.05) is 11.1 Å². The molecule has 0 aliphatic heterocycles. The zero-order chi connectivity index (χ0) is 15.0. The minimum absolute atomic E-state index is 0.199. The number of aromatic nitrogens is 1. The maximum atomic E-state index is 12.2. The number of halogens is 2. The van der Waals surface area contributed by atoms with Crippen molar-refractivity contribution in [3.63, 3.8) is 0 Å². The van der Waals surface area contributed by atoms with Gasteiger partial charge in [-0.15, -0.1) is 0 Å². The highest BCUT2D eigenvalue weighted by Gasteiger charge is 2.11. The van der Waals surface area contributed by atoms with Crippen LogP contribution in [0.5, 0.6) is 0 Å². The summed E-state index contributed by atoms with van der Waals surface area (Å²) >= 11 is 10.8. The zero-order valence-corrected chi connectivity index (χ0v) is 13.7. The lowest BCUT2D eigenvalue weighted by atomic mass is 10.2. The third kappa shape index (κ3) is 3.02. The number of rotatable bonds is 2. The van der Waals surface area contributed by atoms with Crippen LogP contribution in [-0.4, -0.2) is 10.9 Å². The summed E-state index contributed by atoms with van der Waals surface area (Å²) in [6.07, 6.45) is 0. The molecule has 0 saturated heterocycles. The van der Waals surface area contributed by atoms with Crippen LogP contribution < -0.4 is 11.1 Å². The molecule has 1 amide bonds. The molecule has 1 heterocycles. The Balaban J connectivity index is 1.90. The number of fused-ring (bicyclic) bond motifs is 1. The van der Waals surface area contributed by atoms with Crippen LogP contribution in [-0.2, 0) is 0 Å². The molecule has 7 heteroatoms. The number of nitrogens with one attached hydrogen (secondary N) is 1. The Kier molecular flexibility index (Phi) is 3.84. The minimum Gasteiger partial charge on any atom is -0.375 e. The summed E-state index contributed by atoms with van der Waals surface area (Å²) < 4.78 is 1.76. The first-order chi connectivity index (χ1) is 10.0. The van der Waals surface area contributed by atoms with E-state index in [2.05, 4.69) is 26.2 Å². The molecule has 1 aromatic heterocycles. The summed E-state index contributed by atoms with van der Waals surface area (Å²) in [6.45, 7) is 0. The van der Waals surface area contributed by atoms with E-state index < -0.39 is 0 Å². The molecule has 4 nitrogen and oxygen atoms in total. The fourth-order valence-electron chi connectivity index (χ4n) is 1.88. The molecule has 0 spiro atoms. The van der Waals surface area contributed by atoms with E-state index in [4.69, 9.17) is 17.3 Å². The lowest BCUT2D eigenvalue weighted by Gasteiger charge is -2.06. The Morgan fingerprint density at radius 2 is 2.00 bits per heavy atom. The Morgan fingerprint density at radius 1 is 1.29 bits per heavy atom. The van der Waals surface area contributed by atoms with E-state index in [9.17, 15) is 4.79 Å². The topological polar surface area (TPSA) is 68.0 Å². The predicted molar refractivity (Wildman–Crippen MR) is 91.1 cm³/mol. The molecule has 0 fully saturated rings. The number of carbonyl (C=O) groups is 1. The summed E-state index contributed by atoms with van der Waals surface area (Å²) in [5.41, 5.74) is 7.51. The standard InChI is InChI=1S/C14H9BrClN3OS/c15-8-3-1-7(2-4-8)13(20)18-9-5-10(16)12-11(6-9)21-14(17)19-12/h1-6H,(H2,17,19)(H,18,20). The third-order valence-electron chi connectivity index (χ3n) is 2.83. The van der Waals surface area contributed by atoms with Crippen molar-refractivity contribution in [1.29, 1.82) is 0 Å². The lowest BCUT2D eigenvalue weighted by Crippen LogP contribution is -2.11. The van der Waals surface area contributed by atoms with Gasteiger partial charge in [0.2, 0.25) is 0 Å². The molecule has 0 bridgehead atoms. The summed E-state index contributed by atoms with van der Waals surface area (Å²) in [7, 11) is 0. The normalized spacial score (nSPS) is 10.8. The van der Waals surface area contributed by atoms with Gasteiger partial charge in [0.15, 0.2) is 5.13 Å². The SMILES string of the molecule is Nc1nc2c(Cl)cc(NC(=O)c3ccc(Br)cc3)cc2s1. The van der Waals surface area contributed by atoms with Crippen LogP contribution in [0.1, 0.15) is 10.4 Å². The number of nitrogens with two attached hydrogens (primary N) is 1. The maximum Gasteiger partial charge on any atom is 0.255 e. The van der Waals surface area contributed by atoms with Gasteiger partial charge < -0.3 is 11.1 Å². The summed E-state index contributed by atoms with van der Waals surface area (Å²) in [5.74, 6) is -0.199. The first-order valence-electron chi connectivity index (χ1n) is 5.95. The molecule has 3 aromatic rings. The first kappa shape index (κ1) is 14.3. The first-order valence-corrected chi connectivity index (χ1v) is 7.94. The Labute approximate surface area is 138 Å². The van der Waals surface area contributed by atoms with Gasteiger partial charge in [-0.05, 0) is 36.4 Å². The molecular weight excluding hydrogens is 374 g/mol. The van der Waals surface area contributed by atoms with Crippen LogP contribution in [0.2, 0.25) is 5.02 Å².